The molecule has 5 heteroatoms. The van der Waals surface area contributed by atoms with Crippen LogP contribution in [0.4, 0.5) is 0 Å². The third kappa shape index (κ3) is 3.57. The summed E-state index contributed by atoms with van der Waals surface area (Å²) in [5.74, 6) is -0.0421. The number of hydrogen-bond acceptors (Lipinski definition) is 3. The van der Waals surface area contributed by atoms with E-state index in [9.17, 15) is 9.90 Å². The van der Waals surface area contributed by atoms with Crippen molar-refractivity contribution in [2.75, 3.05) is 6.54 Å². The maximum atomic E-state index is 11.7. The van der Waals surface area contributed by atoms with E-state index in [0.717, 1.165) is 3.79 Å². The Balaban J connectivity index is 2.54. The molecule has 0 saturated carbocycles. The lowest BCUT2D eigenvalue weighted by molar-refractivity contribution is 0.0143. The van der Waals surface area contributed by atoms with Crippen molar-refractivity contribution in [2.45, 2.75) is 26.4 Å². The minimum Gasteiger partial charge on any atom is -0.388 e. The van der Waals surface area contributed by atoms with Gasteiger partial charge < -0.3 is 10.4 Å². The van der Waals surface area contributed by atoms with Crippen molar-refractivity contribution >= 4 is 33.2 Å². The molecular weight excluding hydrogens is 290 g/mol. The van der Waals surface area contributed by atoms with Gasteiger partial charge in [-0.3, -0.25) is 4.79 Å². The van der Waals surface area contributed by atoms with Gasteiger partial charge in [-0.1, -0.05) is 13.8 Å². The lowest BCUT2D eigenvalue weighted by atomic mass is 9.92. The molecule has 1 heterocycles. The van der Waals surface area contributed by atoms with Crippen LogP contribution in [0.5, 0.6) is 0 Å². The van der Waals surface area contributed by atoms with E-state index < -0.39 is 5.60 Å². The standard InChI is InChI=1S/C11H16BrNO2S/c1-7(2)11(3,15)6-13-10(14)8-4-5-9(12)16-8/h4-5,7,15H,6H2,1-3H3,(H,13,14)/t11-/m1/s1. The first-order chi connectivity index (χ1) is 7.33. The second-order valence-corrected chi connectivity index (χ2v) is 6.76. The average molecular weight is 306 g/mol. The fourth-order valence-electron chi connectivity index (χ4n) is 0.987. The van der Waals surface area contributed by atoms with Gasteiger partial charge in [0.15, 0.2) is 0 Å². The number of hydrogen-bond donors (Lipinski definition) is 2. The van der Waals surface area contributed by atoms with Crippen molar-refractivity contribution in [1.82, 2.24) is 5.32 Å². The number of thiophene rings is 1. The molecule has 0 saturated heterocycles. The molecule has 0 radical (unpaired) electrons. The lowest BCUT2D eigenvalue weighted by Crippen LogP contribution is -2.44. The van der Waals surface area contributed by atoms with Gasteiger partial charge >= 0.3 is 0 Å². The number of carbonyl (C=O) groups excluding carboxylic acids is 1. The molecule has 1 aromatic rings. The lowest BCUT2D eigenvalue weighted by Gasteiger charge is -2.27. The van der Waals surface area contributed by atoms with Crippen LogP contribution in [0.3, 0.4) is 0 Å². The zero-order chi connectivity index (χ0) is 12.3. The van der Waals surface area contributed by atoms with E-state index in [2.05, 4.69) is 21.2 Å². The fourth-order valence-corrected chi connectivity index (χ4v) is 2.29. The molecule has 1 rings (SSSR count). The molecule has 0 aliphatic heterocycles. The molecule has 0 spiro atoms. The predicted molar refractivity (Wildman–Crippen MR) is 69.8 cm³/mol. The van der Waals surface area contributed by atoms with Gasteiger partial charge in [0.25, 0.3) is 5.91 Å². The monoisotopic (exact) mass is 305 g/mol. The highest BCUT2D eigenvalue weighted by Gasteiger charge is 2.25. The van der Waals surface area contributed by atoms with E-state index in [-0.39, 0.29) is 18.4 Å². The van der Waals surface area contributed by atoms with Gasteiger partial charge in [0.1, 0.15) is 0 Å². The maximum Gasteiger partial charge on any atom is 0.261 e. The number of carbonyl (C=O) groups is 1. The van der Waals surface area contributed by atoms with Crippen LogP contribution in [0.2, 0.25) is 0 Å². The zero-order valence-corrected chi connectivity index (χ0v) is 12.0. The summed E-state index contributed by atoms with van der Waals surface area (Å²) in [5.41, 5.74) is -0.871. The molecule has 0 fully saturated rings. The molecule has 0 aliphatic rings. The topological polar surface area (TPSA) is 49.3 Å². The van der Waals surface area contributed by atoms with E-state index >= 15 is 0 Å². The quantitative estimate of drug-likeness (QED) is 0.898. The zero-order valence-electron chi connectivity index (χ0n) is 9.58. The summed E-state index contributed by atoms with van der Waals surface area (Å²) in [6.07, 6.45) is 0. The Morgan fingerprint density at radius 2 is 2.25 bits per heavy atom. The fraction of sp³-hybridized carbons (Fsp3) is 0.545. The van der Waals surface area contributed by atoms with Crippen molar-refractivity contribution < 1.29 is 9.90 Å². The van der Waals surface area contributed by atoms with Crippen LogP contribution in [-0.2, 0) is 0 Å². The van der Waals surface area contributed by atoms with Gasteiger partial charge in [-0.15, -0.1) is 11.3 Å². The van der Waals surface area contributed by atoms with Crippen LogP contribution in [0, 0.1) is 5.92 Å². The molecule has 3 nitrogen and oxygen atoms in total. The molecule has 90 valence electrons. The van der Waals surface area contributed by atoms with E-state index in [0.29, 0.717) is 4.88 Å². The second-order valence-electron chi connectivity index (χ2n) is 4.30. The molecule has 1 amide bonds. The highest BCUT2D eigenvalue weighted by molar-refractivity contribution is 9.11. The second kappa shape index (κ2) is 5.29. The van der Waals surface area contributed by atoms with E-state index in [1.165, 1.54) is 11.3 Å². The van der Waals surface area contributed by atoms with Crippen LogP contribution in [0.15, 0.2) is 15.9 Å². The highest BCUT2D eigenvalue weighted by atomic mass is 79.9. The van der Waals surface area contributed by atoms with Crippen LogP contribution in [-0.4, -0.2) is 23.2 Å². The van der Waals surface area contributed by atoms with Crippen LogP contribution < -0.4 is 5.32 Å². The molecule has 1 atom stereocenters. The molecule has 0 aliphatic carbocycles. The van der Waals surface area contributed by atoms with Gasteiger partial charge in [0.2, 0.25) is 0 Å². The number of nitrogens with one attached hydrogen (secondary N) is 1. The Morgan fingerprint density at radius 1 is 1.62 bits per heavy atom. The molecule has 0 bridgehead atoms. The molecule has 0 aromatic carbocycles. The van der Waals surface area contributed by atoms with E-state index in [4.69, 9.17) is 0 Å². The van der Waals surface area contributed by atoms with Crippen molar-refractivity contribution in [3.8, 4) is 0 Å². The summed E-state index contributed by atoms with van der Waals surface area (Å²) < 4.78 is 0.924. The van der Waals surface area contributed by atoms with Crippen molar-refractivity contribution in [3.63, 3.8) is 0 Å². The van der Waals surface area contributed by atoms with Gasteiger partial charge in [0.05, 0.1) is 14.3 Å². The van der Waals surface area contributed by atoms with Crippen molar-refractivity contribution in [3.05, 3.63) is 20.8 Å². The van der Waals surface area contributed by atoms with Crippen molar-refractivity contribution in [1.29, 1.82) is 0 Å². The molecule has 2 N–H and O–H groups in total. The van der Waals surface area contributed by atoms with Gasteiger partial charge in [-0.05, 0) is 40.9 Å². The Labute approximate surface area is 108 Å². The highest BCUT2D eigenvalue weighted by Crippen LogP contribution is 2.22. The average Bonchev–Trinajstić information content (AvgIpc) is 2.61. The maximum absolute atomic E-state index is 11.7. The van der Waals surface area contributed by atoms with E-state index in [1.54, 1.807) is 13.0 Å². The number of aliphatic hydroxyl groups is 1. The first-order valence-corrected chi connectivity index (χ1v) is 6.70. The summed E-state index contributed by atoms with van der Waals surface area (Å²) in [6.45, 7) is 5.84. The van der Waals surface area contributed by atoms with Crippen LogP contribution in [0.25, 0.3) is 0 Å². The van der Waals surface area contributed by atoms with Crippen LogP contribution in [0.1, 0.15) is 30.4 Å². The van der Waals surface area contributed by atoms with E-state index in [1.807, 2.05) is 19.9 Å². The molecule has 0 unspecified atom stereocenters. The third-order valence-electron chi connectivity index (χ3n) is 2.65. The first kappa shape index (κ1) is 13.7. The Kier molecular flexibility index (Phi) is 4.52. The van der Waals surface area contributed by atoms with Crippen molar-refractivity contribution in [2.24, 2.45) is 5.92 Å². The first-order valence-electron chi connectivity index (χ1n) is 5.09. The number of rotatable bonds is 4. The summed E-state index contributed by atoms with van der Waals surface area (Å²) >= 11 is 4.68. The molecule has 1 aromatic heterocycles. The largest absolute Gasteiger partial charge is 0.388 e. The minimum absolute atomic E-state index is 0.0999. The predicted octanol–water partition coefficient (Wildman–Crippen LogP) is 2.65. The summed E-state index contributed by atoms with van der Waals surface area (Å²) in [7, 11) is 0. The smallest absolute Gasteiger partial charge is 0.261 e. The Hall–Kier alpha value is -0.390. The Morgan fingerprint density at radius 3 is 2.69 bits per heavy atom. The minimum atomic E-state index is -0.871. The summed E-state index contributed by atoms with van der Waals surface area (Å²) in [6, 6.07) is 3.59. The summed E-state index contributed by atoms with van der Waals surface area (Å²) in [5, 5.41) is 12.7. The molecule has 16 heavy (non-hydrogen) atoms. The van der Waals surface area contributed by atoms with Gasteiger partial charge in [-0.25, -0.2) is 0 Å². The number of halogens is 1. The number of amides is 1. The normalized spacial score (nSPS) is 14.9. The molecular formula is C11H16BrNO2S. The van der Waals surface area contributed by atoms with Crippen LogP contribution >= 0.6 is 27.3 Å². The third-order valence-corrected chi connectivity index (χ3v) is 4.27. The Bertz CT molecular complexity index is 374. The van der Waals surface area contributed by atoms with Gasteiger partial charge in [0, 0.05) is 6.54 Å². The summed E-state index contributed by atoms with van der Waals surface area (Å²) in [4.78, 5) is 12.3. The van der Waals surface area contributed by atoms with Gasteiger partial charge in [-0.2, -0.15) is 0 Å². The SMILES string of the molecule is CC(C)[C@](C)(O)CNC(=O)c1ccc(Br)s1.